The van der Waals surface area contributed by atoms with Gasteiger partial charge in [0.05, 0.1) is 11.9 Å². The van der Waals surface area contributed by atoms with Crippen LogP contribution in [0, 0.1) is 5.41 Å². The summed E-state index contributed by atoms with van der Waals surface area (Å²) < 4.78 is 33.0. The minimum absolute atomic E-state index is 0.00681. The number of hydrogen-bond acceptors (Lipinski definition) is 4. The summed E-state index contributed by atoms with van der Waals surface area (Å²) in [5.74, 6) is 0.193. The largest absolute Gasteiger partial charge is 0.378 e. The van der Waals surface area contributed by atoms with Gasteiger partial charge in [0.25, 0.3) is 0 Å². The lowest BCUT2D eigenvalue weighted by molar-refractivity contribution is -0.108. The van der Waals surface area contributed by atoms with Gasteiger partial charge in [-0.2, -0.15) is 0 Å². The molecule has 1 aliphatic carbocycles. The van der Waals surface area contributed by atoms with Gasteiger partial charge in [0.2, 0.25) is 10.0 Å². The van der Waals surface area contributed by atoms with E-state index in [-0.39, 0.29) is 29.4 Å². The fraction of sp³-hybridized carbons (Fsp3) is 1.00. The summed E-state index contributed by atoms with van der Waals surface area (Å²) in [6, 6.07) is 0.0970. The molecule has 2 rings (SSSR count). The van der Waals surface area contributed by atoms with Gasteiger partial charge in [-0.25, -0.2) is 13.1 Å². The van der Waals surface area contributed by atoms with Gasteiger partial charge in [-0.1, -0.05) is 20.3 Å². The first-order chi connectivity index (χ1) is 9.35. The van der Waals surface area contributed by atoms with Crippen molar-refractivity contribution in [2.75, 3.05) is 18.9 Å². The van der Waals surface area contributed by atoms with Crippen LogP contribution in [0.3, 0.4) is 0 Å². The monoisotopic (exact) mass is 304 g/mol. The van der Waals surface area contributed by atoms with E-state index in [1.807, 2.05) is 6.92 Å². The van der Waals surface area contributed by atoms with Gasteiger partial charge in [0, 0.05) is 24.1 Å². The lowest BCUT2D eigenvalue weighted by atomic mass is 9.65. The first kappa shape index (κ1) is 16.2. The molecule has 0 amide bonds. The second-order valence-electron chi connectivity index (χ2n) is 6.60. The van der Waals surface area contributed by atoms with Crippen molar-refractivity contribution in [2.24, 2.45) is 5.41 Å². The molecule has 2 aliphatic rings. The smallest absolute Gasteiger partial charge is 0.213 e. The molecule has 0 aromatic carbocycles. The molecule has 0 spiro atoms. The Morgan fingerprint density at radius 2 is 2.10 bits per heavy atom. The van der Waals surface area contributed by atoms with Crippen molar-refractivity contribution in [3.05, 3.63) is 0 Å². The molecule has 6 heteroatoms. The normalized spacial score (nSPS) is 33.6. The van der Waals surface area contributed by atoms with Crippen molar-refractivity contribution in [3.63, 3.8) is 0 Å². The van der Waals surface area contributed by atoms with Crippen LogP contribution in [0.1, 0.15) is 46.5 Å². The lowest BCUT2D eigenvalue weighted by Gasteiger charge is -2.51. The summed E-state index contributed by atoms with van der Waals surface area (Å²) in [7, 11) is -3.22. The third-order valence-electron chi connectivity index (χ3n) is 4.70. The Morgan fingerprint density at radius 1 is 1.35 bits per heavy atom. The van der Waals surface area contributed by atoms with Gasteiger partial charge >= 0.3 is 0 Å². The van der Waals surface area contributed by atoms with E-state index in [2.05, 4.69) is 23.9 Å². The number of nitrogens with one attached hydrogen (secondary N) is 2. The van der Waals surface area contributed by atoms with E-state index in [0.717, 1.165) is 32.2 Å². The van der Waals surface area contributed by atoms with Crippen molar-refractivity contribution >= 4 is 10.0 Å². The summed E-state index contributed by atoms with van der Waals surface area (Å²) in [6.45, 7) is 7.73. The van der Waals surface area contributed by atoms with Crippen LogP contribution in [-0.4, -0.2) is 45.5 Å². The van der Waals surface area contributed by atoms with E-state index in [4.69, 9.17) is 4.74 Å². The molecule has 2 N–H and O–H groups in total. The zero-order valence-electron chi connectivity index (χ0n) is 12.8. The summed E-state index contributed by atoms with van der Waals surface area (Å²) in [6.07, 6.45) is 4.16. The van der Waals surface area contributed by atoms with Crippen LogP contribution in [0.25, 0.3) is 0 Å². The Morgan fingerprint density at radius 3 is 2.65 bits per heavy atom. The molecular weight excluding hydrogens is 276 g/mol. The molecule has 1 aliphatic heterocycles. The summed E-state index contributed by atoms with van der Waals surface area (Å²) in [5, 5.41) is 3.29. The maximum atomic E-state index is 12.3. The number of hydrogen-bond donors (Lipinski definition) is 2. The minimum Gasteiger partial charge on any atom is -0.378 e. The zero-order valence-corrected chi connectivity index (χ0v) is 13.6. The molecule has 1 saturated carbocycles. The molecule has 118 valence electrons. The number of piperidine rings is 1. The van der Waals surface area contributed by atoms with E-state index >= 15 is 0 Å². The van der Waals surface area contributed by atoms with E-state index in [0.29, 0.717) is 6.61 Å². The summed E-state index contributed by atoms with van der Waals surface area (Å²) in [4.78, 5) is 0. The second kappa shape index (κ2) is 6.30. The molecule has 0 bridgehead atoms. The van der Waals surface area contributed by atoms with Crippen molar-refractivity contribution in [1.29, 1.82) is 0 Å². The van der Waals surface area contributed by atoms with Crippen molar-refractivity contribution in [1.82, 2.24) is 10.0 Å². The molecule has 0 radical (unpaired) electrons. The Labute approximate surface area is 122 Å². The maximum absolute atomic E-state index is 12.3. The summed E-state index contributed by atoms with van der Waals surface area (Å²) >= 11 is 0. The first-order valence-corrected chi connectivity index (χ1v) is 9.35. The predicted octanol–water partition coefficient (Wildman–Crippen LogP) is 1.25. The second-order valence-corrected chi connectivity index (χ2v) is 8.40. The van der Waals surface area contributed by atoms with Crippen molar-refractivity contribution < 1.29 is 13.2 Å². The molecule has 1 heterocycles. The minimum atomic E-state index is -3.22. The molecule has 3 atom stereocenters. The molecular formula is C14H28N2O3S. The van der Waals surface area contributed by atoms with Crippen LogP contribution in [0.15, 0.2) is 0 Å². The van der Waals surface area contributed by atoms with Crippen LogP contribution >= 0.6 is 0 Å². The number of sulfonamides is 1. The zero-order chi connectivity index (χ0) is 14.8. The van der Waals surface area contributed by atoms with Crippen LogP contribution in [0.4, 0.5) is 0 Å². The SMILES string of the molecule is CCOC1CC(NS(=O)(=O)CC2CCCCN2)C1(C)C. The highest BCUT2D eigenvalue weighted by Crippen LogP contribution is 2.43. The highest BCUT2D eigenvalue weighted by atomic mass is 32.2. The van der Waals surface area contributed by atoms with Crippen LogP contribution < -0.4 is 10.0 Å². The molecule has 20 heavy (non-hydrogen) atoms. The number of rotatable bonds is 6. The van der Waals surface area contributed by atoms with Crippen LogP contribution in [0.5, 0.6) is 0 Å². The van der Waals surface area contributed by atoms with Gasteiger partial charge in [0.15, 0.2) is 0 Å². The predicted molar refractivity (Wildman–Crippen MR) is 80.2 cm³/mol. The third-order valence-corrected chi connectivity index (χ3v) is 6.19. The topological polar surface area (TPSA) is 67.4 Å². The van der Waals surface area contributed by atoms with E-state index < -0.39 is 10.0 Å². The van der Waals surface area contributed by atoms with Gasteiger partial charge in [0.1, 0.15) is 0 Å². The highest BCUT2D eigenvalue weighted by molar-refractivity contribution is 7.89. The molecule has 5 nitrogen and oxygen atoms in total. The van der Waals surface area contributed by atoms with Gasteiger partial charge in [-0.3, -0.25) is 0 Å². The Bertz CT molecular complexity index is 416. The van der Waals surface area contributed by atoms with Gasteiger partial charge < -0.3 is 10.1 Å². The van der Waals surface area contributed by atoms with Gasteiger partial charge in [-0.15, -0.1) is 0 Å². The van der Waals surface area contributed by atoms with E-state index in [9.17, 15) is 8.42 Å². The Kier molecular flexibility index (Phi) is 5.10. The van der Waals surface area contributed by atoms with Gasteiger partial charge in [-0.05, 0) is 32.7 Å². The maximum Gasteiger partial charge on any atom is 0.213 e. The average molecular weight is 304 g/mol. The molecule has 2 fully saturated rings. The molecule has 0 aromatic rings. The molecule has 1 saturated heterocycles. The third kappa shape index (κ3) is 3.72. The molecule has 3 unspecified atom stereocenters. The highest BCUT2D eigenvalue weighted by Gasteiger charge is 2.50. The van der Waals surface area contributed by atoms with Crippen molar-refractivity contribution in [2.45, 2.75) is 64.6 Å². The van der Waals surface area contributed by atoms with E-state index in [1.165, 1.54) is 0 Å². The fourth-order valence-electron chi connectivity index (χ4n) is 3.17. The van der Waals surface area contributed by atoms with E-state index in [1.54, 1.807) is 0 Å². The summed E-state index contributed by atoms with van der Waals surface area (Å²) in [5.41, 5.74) is -0.122. The fourth-order valence-corrected chi connectivity index (χ4v) is 4.91. The Balaban J connectivity index is 1.86. The standard InChI is InChI=1S/C14H28N2O3S/c1-4-19-13-9-12(14(13,2)3)16-20(17,18)10-11-7-5-6-8-15-11/h11-13,15-16H,4-10H2,1-3H3. The quantitative estimate of drug-likeness (QED) is 0.775. The van der Waals surface area contributed by atoms with Crippen LogP contribution in [0.2, 0.25) is 0 Å². The average Bonchev–Trinajstić information content (AvgIpc) is 2.38. The van der Waals surface area contributed by atoms with Crippen molar-refractivity contribution in [3.8, 4) is 0 Å². The molecule has 0 aromatic heterocycles. The Hall–Kier alpha value is -0.170. The lowest BCUT2D eigenvalue weighted by Crippen LogP contribution is -2.62. The first-order valence-electron chi connectivity index (χ1n) is 7.70. The number of ether oxygens (including phenoxy) is 1. The van der Waals surface area contributed by atoms with Crippen LogP contribution in [-0.2, 0) is 14.8 Å².